The molecular formula is C19H25ClN2+2. The molecule has 0 spiro atoms. The van der Waals surface area contributed by atoms with Crippen molar-refractivity contribution in [2.24, 2.45) is 0 Å². The fraction of sp³-hybridized carbons (Fsp3) is 0.368. The Bertz CT molecular complexity index is 601. The van der Waals surface area contributed by atoms with Crippen LogP contribution in [0.3, 0.4) is 0 Å². The Balaban J connectivity index is 1.49. The maximum atomic E-state index is 6.07. The highest BCUT2D eigenvalue weighted by molar-refractivity contribution is 6.30. The van der Waals surface area contributed by atoms with Crippen LogP contribution in [0, 0.1) is 6.92 Å². The van der Waals surface area contributed by atoms with E-state index in [9.17, 15) is 0 Å². The summed E-state index contributed by atoms with van der Waals surface area (Å²) in [5.41, 5.74) is 4.15. The lowest BCUT2D eigenvalue weighted by Gasteiger charge is -2.29. The van der Waals surface area contributed by atoms with Crippen molar-refractivity contribution >= 4 is 11.6 Å². The van der Waals surface area contributed by atoms with Gasteiger partial charge in [0.2, 0.25) is 0 Å². The number of halogens is 1. The molecule has 0 unspecified atom stereocenters. The standard InChI is InChI=1S/C19H23ClN2/c1-16-5-7-17(8-6-16)14-21-9-11-22(12-10-21)15-18-3-2-4-19(20)13-18/h2-8,13H,9-12,14-15H2,1H3/p+2. The summed E-state index contributed by atoms with van der Waals surface area (Å²) in [5, 5.41) is 0.848. The van der Waals surface area contributed by atoms with E-state index in [1.54, 1.807) is 9.80 Å². The molecule has 3 rings (SSSR count). The highest BCUT2D eigenvalue weighted by Crippen LogP contribution is 2.09. The van der Waals surface area contributed by atoms with Gasteiger partial charge < -0.3 is 9.80 Å². The zero-order chi connectivity index (χ0) is 15.4. The van der Waals surface area contributed by atoms with Gasteiger partial charge in [0.15, 0.2) is 0 Å². The predicted molar refractivity (Wildman–Crippen MR) is 91.4 cm³/mol. The van der Waals surface area contributed by atoms with Gasteiger partial charge in [0.05, 0.1) is 0 Å². The van der Waals surface area contributed by atoms with E-state index in [2.05, 4.69) is 49.4 Å². The summed E-state index contributed by atoms with van der Waals surface area (Å²) in [7, 11) is 0. The Morgan fingerprint density at radius 2 is 1.41 bits per heavy atom. The molecular weight excluding hydrogens is 292 g/mol. The van der Waals surface area contributed by atoms with Crippen molar-refractivity contribution in [1.82, 2.24) is 0 Å². The SMILES string of the molecule is Cc1ccc(C[NH+]2CC[NH+](Cc3cccc(Cl)c3)CC2)cc1. The van der Waals surface area contributed by atoms with Gasteiger partial charge in [0.25, 0.3) is 0 Å². The summed E-state index contributed by atoms with van der Waals surface area (Å²) in [6.45, 7) is 9.40. The quantitative estimate of drug-likeness (QED) is 0.837. The normalized spacial score (nSPS) is 21.7. The summed E-state index contributed by atoms with van der Waals surface area (Å²) < 4.78 is 0. The summed E-state index contributed by atoms with van der Waals surface area (Å²) in [4.78, 5) is 3.38. The Morgan fingerprint density at radius 1 is 0.818 bits per heavy atom. The maximum Gasteiger partial charge on any atom is 0.127 e. The Kier molecular flexibility index (Phi) is 5.14. The number of hydrogen-bond acceptors (Lipinski definition) is 0. The van der Waals surface area contributed by atoms with Gasteiger partial charge in [-0.25, -0.2) is 0 Å². The first-order valence-corrected chi connectivity index (χ1v) is 8.54. The number of piperazine rings is 1. The van der Waals surface area contributed by atoms with E-state index in [-0.39, 0.29) is 0 Å². The van der Waals surface area contributed by atoms with Gasteiger partial charge in [-0.15, -0.1) is 0 Å². The minimum absolute atomic E-state index is 0.848. The van der Waals surface area contributed by atoms with Crippen molar-refractivity contribution < 1.29 is 9.80 Å². The maximum absolute atomic E-state index is 6.07. The first-order valence-electron chi connectivity index (χ1n) is 8.16. The number of hydrogen-bond donors (Lipinski definition) is 2. The summed E-state index contributed by atoms with van der Waals surface area (Å²) in [6, 6.07) is 17.3. The van der Waals surface area contributed by atoms with Crippen LogP contribution in [0.15, 0.2) is 48.5 Å². The molecule has 1 aliphatic heterocycles. The number of quaternary nitrogens is 2. The van der Waals surface area contributed by atoms with E-state index in [0.29, 0.717) is 0 Å². The minimum Gasteiger partial charge on any atom is -0.322 e. The number of nitrogens with one attached hydrogen (secondary N) is 2. The third kappa shape index (κ3) is 4.33. The fourth-order valence-corrected chi connectivity index (χ4v) is 3.45. The van der Waals surface area contributed by atoms with Crippen LogP contribution in [0.2, 0.25) is 5.02 Å². The van der Waals surface area contributed by atoms with Gasteiger partial charge in [-0.1, -0.05) is 53.6 Å². The lowest BCUT2D eigenvalue weighted by atomic mass is 10.1. The molecule has 0 radical (unpaired) electrons. The molecule has 2 aromatic rings. The lowest BCUT2D eigenvalue weighted by Crippen LogP contribution is -3.27. The molecule has 2 aromatic carbocycles. The average molecular weight is 317 g/mol. The smallest absolute Gasteiger partial charge is 0.127 e. The zero-order valence-corrected chi connectivity index (χ0v) is 14.0. The second-order valence-corrected chi connectivity index (χ2v) is 6.91. The average Bonchev–Trinajstić information content (AvgIpc) is 2.52. The second-order valence-electron chi connectivity index (χ2n) is 6.47. The van der Waals surface area contributed by atoms with Gasteiger partial charge in [-0.2, -0.15) is 0 Å². The predicted octanol–water partition coefficient (Wildman–Crippen LogP) is 1.13. The van der Waals surface area contributed by atoms with E-state index >= 15 is 0 Å². The van der Waals surface area contributed by atoms with Gasteiger partial charge in [0.1, 0.15) is 39.3 Å². The zero-order valence-electron chi connectivity index (χ0n) is 13.2. The molecule has 116 valence electrons. The van der Waals surface area contributed by atoms with Crippen LogP contribution in [0.4, 0.5) is 0 Å². The Hall–Kier alpha value is -1.35. The number of benzene rings is 2. The first kappa shape index (κ1) is 15.5. The largest absolute Gasteiger partial charge is 0.322 e. The molecule has 0 saturated carbocycles. The molecule has 1 aliphatic rings. The van der Waals surface area contributed by atoms with Crippen LogP contribution >= 0.6 is 11.6 Å². The molecule has 2 nitrogen and oxygen atoms in total. The van der Waals surface area contributed by atoms with Crippen LogP contribution in [-0.4, -0.2) is 26.2 Å². The molecule has 1 fully saturated rings. The molecule has 0 atom stereocenters. The summed E-state index contributed by atoms with van der Waals surface area (Å²) >= 11 is 6.07. The molecule has 0 bridgehead atoms. The second kappa shape index (κ2) is 7.28. The van der Waals surface area contributed by atoms with E-state index in [1.165, 1.54) is 42.9 Å². The minimum atomic E-state index is 0.848. The van der Waals surface area contributed by atoms with Gasteiger partial charge in [-0.05, 0) is 19.1 Å². The molecule has 22 heavy (non-hydrogen) atoms. The first-order chi connectivity index (χ1) is 10.7. The molecule has 0 aromatic heterocycles. The molecule has 1 saturated heterocycles. The highest BCUT2D eigenvalue weighted by atomic mass is 35.5. The molecule has 1 heterocycles. The number of aryl methyl sites for hydroxylation is 1. The molecule has 0 aliphatic carbocycles. The van der Waals surface area contributed by atoms with Crippen LogP contribution in [0.1, 0.15) is 16.7 Å². The van der Waals surface area contributed by atoms with Crippen LogP contribution in [-0.2, 0) is 13.1 Å². The molecule has 3 heteroatoms. The molecule has 0 amide bonds. The van der Waals surface area contributed by atoms with Gasteiger partial charge >= 0.3 is 0 Å². The Morgan fingerprint density at radius 3 is 2.00 bits per heavy atom. The topological polar surface area (TPSA) is 8.88 Å². The van der Waals surface area contributed by atoms with E-state index in [0.717, 1.165) is 18.1 Å². The highest BCUT2D eigenvalue weighted by Gasteiger charge is 2.23. The van der Waals surface area contributed by atoms with Crippen molar-refractivity contribution in [2.75, 3.05) is 26.2 Å². The van der Waals surface area contributed by atoms with Crippen molar-refractivity contribution in [3.63, 3.8) is 0 Å². The summed E-state index contributed by atoms with van der Waals surface area (Å²) in [5.74, 6) is 0. The van der Waals surface area contributed by atoms with E-state index in [1.807, 2.05) is 6.07 Å². The van der Waals surface area contributed by atoms with E-state index < -0.39 is 0 Å². The van der Waals surface area contributed by atoms with E-state index in [4.69, 9.17) is 11.6 Å². The monoisotopic (exact) mass is 316 g/mol. The Labute approximate surface area is 138 Å². The van der Waals surface area contributed by atoms with Crippen LogP contribution < -0.4 is 9.80 Å². The number of rotatable bonds is 4. The van der Waals surface area contributed by atoms with Crippen LogP contribution in [0.5, 0.6) is 0 Å². The van der Waals surface area contributed by atoms with Crippen molar-refractivity contribution in [1.29, 1.82) is 0 Å². The third-order valence-corrected chi connectivity index (χ3v) is 4.82. The van der Waals surface area contributed by atoms with Crippen LogP contribution in [0.25, 0.3) is 0 Å². The summed E-state index contributed by atoms with van der Waals surface area (Å²) in [6.07, 6.45) is 0. The van der Waals surface area contributed by atoms with Crippen molar-refractivity contribution in [3.8, 4) is 0 Å². The lowest BCUT2D eigenvalue weighted by molar-refractivity contribution is -1.02. The van der Waals surface area contributed by atoms with Crippen molar-refractivity contribution in [2.45, 2.75) is 20.0 Å². The van der Waals surface area contributed by atoms with Gasteiger partial charge in [-0.3, -0.25) is 0 Å². The molecule has 2 N–H and O–H groups in total. The van der Waals surface area contributed by atoms with Crippen molar-refractivity contribution in [3.05, 3.63) is 70.2 Å². The van der Waals surface area contributed by atoms with Gasteiger partial charge in [0, 0.05) is 16.1 Å². The third-order valence-electron chi connectivity index (χ3n) is 4.58. The fourth-order valence-electron chi connectivity index (χ4n) is 3.24.